The van der Waals surface area contributed by atoms with E-state index in [1.165, 1.54) is 0 Å². The molecule has 3 aromatic rings. The van der Waals surface area contributed by atoms with Gasteiger partial charge in [-0.05, 0) is 43.2 Å². The van der Waals surface area contributed by atoms with Crippen LogP contribution in [0.25, 0.3) is 10.9 Å². The second kappa shape index (κ2) is 5.60. The fourth-order valence-corrected chi connectivity index (χ4v) is 3.74. The van der Waals surface area contributed by atoms with Crippen LogP contribution in [0.15, 0.2) is 57.9 Å². The van der Waals surface area contributed by atoms with E-state index in [0.717, 1.165) is 22.0 Å². The number of carbonyl (C=O) groups excluding carboxylic acids is 1. The maximum atomic E-state index is 12.8. The number of nitrogens with one attached hydrogen (secondary N) is 1. The molecule has 2 aromatic carbocycles. The summed E-state index contributed by atoms with van der Waals surface area (Å²) < 4.78 is 2.91. The van der Waals surface area contributed by atoms with Crippen LogP contribution < -0.4 is 10.7 Å². The van der Waals surface area contributed by atoms with Gasteiger partial charge in [0.2, 0.25) is 5.43 Å². The third-order valence-electron chi connectivity index (χ3n) is 4.45. The van der Waals surface area contributed by atoms with Crippen molar-refractivity contribution in [2.75, 3.05) is 5.32 Å². The standard InChI is InChI=1S/C19H15BrN2O2/c1-11-8-12-4-2-7-15-17(12)22(11)10-16(18(15)23)19(24)21-14-6-3-5-13(20)9-14/h2-7,9-11H,8H2,1H3,(H,21,24)/t11-/m1/s1. The summed E-state index contributed by atoms with van der Waals surface area (Å²) in [5, 5.41) is 3.42. The van der Waals surface area contributed by atoms with Crippen LogP contribution in [0.4, 0.5) is 5.69 Å². The molecule has 0 radical (unpaired) electrons. The number of halogens is 1. The molecule has 0 aliphatic carbocycles. The van der Waals surface area contributed by atoms with E-state index < -0.39 is 0 Å². The molecule has 5 heteroatoms. The molecule has 0 saturated carbocycles. The fraction of sp³-hybridized carbons (Fsp3) is 0.158. The Morgan fingerprint density at radius 3 is 2.83 bits per heavy atom. The van der Waals surface area contributed by atoms with E-state index in [0.29, 0.717) is 11.1 Å². The molecule has 1 aromatic heterocycles. The van der Waals surface area contributed by atoms with Gasteiger partial charge in [0.25, 0.3) is 5.91 Å². The molecular formula is C19H15BrN2O2. The number of benzene rings is 2. The lowest BCUT2D eigenvalue weighted by Gasteiger charge is -2.12. The molecule has 120 valence electrons. The van der Waals surface area contributed by atoms with Gasteiger partial charge in [0.05, 0.1) is 5.52 Å². The summed E-state index contributed by atoms with van der Waals surface area (Å²) in [6.45, 7) is 2.10. The Morgan fingerprint density at radius 1 is 1.25 bits per heavy atom. The van der Waals surface area contributed by atoms with Crippen LogP contribution in [0.1, 0.15) is 28.9 Å². The summed E-state index contributed by atoms with van der Waals surface area (Å²) in [7, 11) is 0. The maximum absolute atomic E-state index is 12.8. The minimum atomic E-state index is -0.381. The number of nitrogens with zero attached hydrogens (tertiary/aromatic N) is 1. The van der Waals surface area contributed by atoms with E-state index in [1.807, 2.05) is 28.8 Å². The van der Waals surface area contributed by atoms with E-state index in [4.69, 9.17) is 0 Å². The second-order valence-corrected chi connectivity index (χ2v) is 7.03. The zero-order chi connectivity index (χ0) is 16.8. The smallest absolute Gasteiger partial charge is 0.261 e. The zero-order valence-electron chi connectivity index (χ0n) is 13.0. The summed E-state index contributed by atoms with van der Waals surface area (Å²) in [6, 6.07) is 13.3. The lowest BCUT2D eigenvalue weighted by atomic mass is 10.1. The first kappa shape index (κ1) is 15.1. The number of carbonyl (C=O) groups is 1. The van der Waals surface area contributed by atoms with E-state index in [9.17, 15) is 9.59 Å². The van der Waals surface area contributed by atoms with Crippen LogP contribution >= 0.6 is 15.9 Å². The van der Waals surface area contributed by atoms with Gasteiger partial charge in [-0.15, -0.1) is 0 Å². The highest BCUT2D eigenvalue weighted by Gasteiger charge is 2.24. The summed E-state index contributed by atoms with van der Waals surface area (Å²) in [5.41, 5.74) is 2.72. The SMILES string of the molecule is C[C@@H]1Cc2cccc3c(=O)c(C(=O)Nc4cccc(Br)c4)cn1c23. The van der Waals surface area contributed by atoms with E-state index >= 15 is 0 Å². The monoisotopic (exact) mass is 382 g/mol. The number of hydrogen-bond acceptors (Lipinski definition) is 2. The Kier molecular flexibility index (Phi) is 3.53. The second-order valence-electron chi connectivity index (χ2n) is 6.11. The van der Waals surface area contributed by atoms with Gasteiger partial charge >= 0.3 is 0 Å². The number of amides is 1. The number of anilines is 1. The minimum absolute atomic E-state index is 0.174. The van der Waals surface area contributed by atoms with Crippen molar-refractivity contribution in [1.29, 1.82) is 0 Å². The topological polar surface area (TPSA) is 51.1 Å². The highest BCUT2D eigenvalue weighted by molar-refractivity contribution is 9.10. The normalized spacial score (nSPS) is 15.7. The largest absolute Gasteiger partial charge is 0.343 e. The zero-order valence-corrected chi connectivity index (χ0v) is 14.6. The Balaban J connectivity index is 1.82. The molecule has 1 N–H and O–H groups in total. The molecule has 4 nitrogen and oxygen atoms in total. The van der Waals surface area contributed by atoms with Gasteiger partial charge < -0.3 is 9.88 Å². The van der Waals surface area contributed by atoms with Crippen LogP contribution in [0.2, 0.25) is 0 Å². The first-order chi connectivity index (χ1) is 11.5. The molecular weight excluding hydrogens is 368 g/mol. The highest BCUT2D eigenvalue weighted by atomic mass is 79.9. The molecule has 1 aliphatic rings. The Hall–Kier alpha value is -2.40. The highest BCUT2D eigenvalue weighted by Crippen LogP contribution is 2.31. The number of rotatable bonds is 2. The lowest BCUT2D eigenvalue weighted by Crippen LogP contribution is -2.23. The lowest BCUT2D eigenvalue weighted by molar-refractivity contribution is 0.102. The molecule has 0 fully saturated rings. The molecule has 4 rings (SSSR count). The average molecular weight is 383 g/mol. The quantitative estimate of drug-likeness (QED) is 0.724. The average Bonchev–Trinajstić information content (AvgIpc) is 2.87. The number of pyridine rings is 1. The van der Waals surface area contributed by atoms with Crippen molar-refractivity contribution in [2.45, 2.75) is 19.4 Å². The Morgan fingerprint density at radius 2 is 2.04 bits per heavy atom. The summed E-state index contributed by atoms with van der Waals surface area (Å²) in [4.78, 5) is 25.4. The molecule has 1 aliphatic heterocycles. The summed E-state index contributed by atoms with van der Waals surface area (Å²) in [6.07, 6.45) is 2.58. The first-order valence-electron chi connectivity index (χ1n) is 7.78. The van der Waals surface area contributed by atoms with Gasteiger partial charge in [0, 0.05) is 27.8 Å². The third-order valence-corrected chi connectivity index (χ3v) is 4.95. The van der Waals surface area contributed by atoms with Gasteiger partial charge in [-0.25, -0.2) is 0 Å². The van der Waals surface area contributed by atoms with E-state index in [-0.39, 0.29) is 22.9 Å². The Bertz CT molecular complexity index is 1040. The van der Waals surface area contributed by atoms with Crippen molar-refractivity contribution in [3.63, 3.8) is 0 Å². The van der Waals surface area contributed by atoms with Gasteiger partial charge in [0.1, 0.15) is 5.56 Å². The summed E-state index contributed by atoms with van der Waals surface area (Å²) >= 11 is 3.38. The van der Waals surface area contributed by atoms with Crippen molar-refractivity contribution < 1.29 is 4.79 Å². The molecule has 24 heavy (non-hydrogen) atoms. The van der Waals surface area contributed by atoms with Crippen LogP contribution in [-0.2, 0) is 6.42 Å². The van der Waals surface area contributed by atoms with Gasteiger partial charge in [-0.2, -0.15) is 0 Å². The van der Waals surface area contributed by atoms with Crippen molar-refractivity contribution in [3.05, 3.63) is 74.5 Å². The van der Waals surface area contributed by atoms with Gasteiger partial charge in [-0.3, -0.25) is 9.59 Å². The number of hydrogen-bond donors (Lipinski definition) is 1. The fourth-order valence-electron chi connectivity index (χ4n) is 3.34. The molecule has 0 saturated heterocycles. The molecule has 0 spiro atoms. The molecule has 0 unspecified atom stereocenters. The number of para-hydroxylation sites is 1. The van der Waals surface area contributed by atoms with Gasteiger partial charge in [0.15, 0.2) is 0 Å². The maximum Gasteiger partial charge on any atom is 0.261 e. The van der Waals surface area contributed by atoms with Gasteiger partial charge in [-0.1, -0.05) is 34.1 Å². The summed E-state index contributed by atoms with van der Waals surface area (Å²) in [5.74, 6) is -0.381. The van der Waals surface area contributed by atoms with Crippen molar-refractivity contribution in [2.24, 2.45) is 0 Å². The van der Waals surface area contributed by atoms with Crippen molar-refractivity contribution >= 4 is 38.4 Å². The predicted molar refractivity (Wildman–Crippen MR) is 98.7 cm³/mol. The molecule has 1 amide bonds. The molecule has 1 atom stereocenters. The van der Waals surface area contributed by atoms with Crippen molar-refractivity contribution in [1.82, 2.24) is 4.57 Å². The minimum Gasteiger partial charge on any atom is -0.343 e. The number of aromatic nitrogens is 1. The van der Waals surface area contributed by atoms with Crippen LogP contribution in [0.3, 0.4) is 0 Å². The Labute approximate surface area is 147 Å². The van der Waals surface area contributed by atoms with Crippen LogP contribution in [0.5, 0.6) is 0 Å². The van der Waals surface area contributed by atoms with Crippen LogP contribution in [0, 0.1) is 0 Å². The van der Waals surface area contributed by atoms with Crippen molar-refractivity contribution in [3.8, 4) is 0 Å². The van der Waals surface area contributed by atoms with E-state index in [2.05, 4.69) is 28.2 Å². The van der Waals surface area contributed by atoms with Crippen LogP contribution in [-0.4, -0.2) is 10.5 Å². The third kappa shape index (κ3) is 2.36. The van der Waals surface area contributed by atoms with E-state index in [1.54, 1.807) is 24.4 Å². The predicted octanol–water partition coefficient (Wildman–Crippen LogP) is 4.13. The molecule has 2 heterocycles. The molecule has 0 bridgehead atoms. The first-order valence-corrected chi connectivity index (χ1v) is 8.57.